The molecule has 0 bridgehead atoms. The van der Waals surface area contributed by atoms with Gasteiger partial charge in [-0.3, -0.25) is 0 Å². The van der Waals surface area contributed by atoms with E-state index in [9.17, 15) is 0 Å². The van der Waals surface area contributed by atoms with E-state index >= 15 is 0 Å². The lowest BCUT2D eigenvalue weighted by molar-refractivity contribution is 0.530. The Morgan fingerprint density at radius 2 is 2.12 bits per heavy atom. The van der Waals surface area contributed by atoms with Gasteiger partial charge in [0.15, 0.2) is 0 Å². The first-order valence-corrected chi connectivity index (χ1v) is 5.31. The molecule has 1 heterocycles. The number of hydrogen-bond acceptors (Lipinski definition) is 0. The van der Waals surface area contributed by atoms with Crippen molar-refractivity contribution in [1.29, 1.82) is 0 Å². The van der Waals surface area contributed by atoms with Gasteiger partial charge in [-0.05, 0) is 17.4 Å². The molecule has 48 valence electrons. The van der Waals surface area contributed by atoms with Crippen molar-refractivity contribution in [2.75, 3.05) is 0 Å². The molecule has 0 N–H and O–H groups in total. The molecule has 1 atom stereocenters. The maximum atomic E-state index is 2.43. The fourth-order valence-electron chi connectivity index (χ4n) is 1.78. The van der Waals surface area contributed by atoms with Gasteiger partial charge in [0.2, 0.25) is 0 Å². The van der Waals surface area contributed by atoms with Crippen molar-refractivity contribution < 1.29 is 0 Å². The first-order valence-electron chi connectivity index (χ1n) is 3.60. The summed E-state index contributed by atoms with van der Waals surface area (Å²) < 4.78 is 0. The molecule has 0 aromatic carbocycles. The molecule has 1 aliphatic heterocycles. The molecule has 0 radical (unpaired) electrons. The van der Waals surface area contributed by atoms with E-state index in [4.69, 9.17) is 0 Å². The fraction of sp³-hybridized carbons (Fsp3) is 1.00. The van der Waals surface area contributed by atoms with Gasteiger partial charge in [0.25, 0.3) is 0 Å². The largest absolute Gasteiger partial charge is 0.0629 e. The molecule has 0 aromatic rings. The topological polar surface area (TPSA) is 0 Å². The average Bonchev–Trinajstić information content (AvgIpc) is 1.82. The zero-order chi connectivity index (χ0) is 6.20. The van der Waals surface area contributed by atoms with Gasteiger partial charge in [0, 0.05) is 9.52 Å². The highest BCUT2D eigenvalue weighted by Gasteiger charge is 2.28. The van der Waals surface area contributed by atoms with Crippen molar-refractivity contribution >= 4 is 9.52 Å². The first-order chi connectivity index (χ1) is 3.60. The van der Waals surface area contributed by atoms with E-state index in [1.54, 1.807) is 6.04 Å². The number of rotatable bonds is 0. The van der Waals surface area contributed by atoms with Crippen LogP contribution in [0.15, 0.2) is 0 Å². The zero-order valence-electron chi connectivity index (χ0n) is 6.20. The van der Waals surface area contributed by atoms with Gasteiger partial charge < -0.3 is 0 Å². The van der Waals surface area contributed by atoms with E-state index in [0.717, 1.165) is 11.0 Å². The van der Waals surface area contributed by atoms with Crippen molar-refractivity contribution in [1.82, 2.24) is 0 Å². The Kier molecular flexibility index (Phi) is 1.48. The standard InChI is InChI=1S/C7H16Si/c1-6-4-7(2,3)8-5-6/h6H,4-5,8H2,1-3H3. The van der Waals surface area contributed by atoms with Crippen LogP contribution in [0.4, 0.5) is 0 Å². The Bertz CT molecular complexity index is 86.4. The van der Waals surface area contributed by atoms with Gasteiger partial charge in [-0.1, -0.05) is 26.8 Å². The molecule has 1 fully saturated rings. The molecule has 0 nitrogen and oxygen atoms in total. The van der Waals surface area contributed by atoms with Gasteiger partial charge in [-0.25, -0.2) is 0 Å². The summed E-state index contributed by atoms with van der Waals surface area (Å²) in [4.78, 5) is 0. The molecular formula is C7H16Si. The van der Waals surface area contributed by atoms with Crippen LogP contribution in [0.25, 0.3) is 0 Å². The average molecular weight is 128 g/mol. The van der Waals surface area contributed by atoms with Crippen LogP contribution in [0.5, 0.6) is 0 Å². The second kappa shape index (κ2) is 1.87. The van der Waals surface area contributed by atoms with Gasteiger partial charge in [-0.2, -0.15) is 0 Å². The normalized spacial score (nSPS) is 38.6. The fourth-order valence-corrected chi connectivity index (χ4v) is 3.96. The summed E-state index contributed by atoms with van der Waals surface area (Å²) in [6.45, 7) is 7.26. The van der Waals surface area contributed by atoms with Crippen LogP contribution in [0.2, 0.25) is 11.1 Å². The van der Waals surface area contributed by atoms with E-state index in [2.05, 4.69) is 20.8 Å². The van der Waals surface area contributed by atoms with Crippen molar-refractivity contribution in [2.24, 2.45) is 5.92 Å². The highest BCUT2D eigenvalue weighted by molar-refractivity contribution is 6.40. The van der Waals surface area contributed by atoms with Gasteiger partial charge in [0.1, 0.15) is 0 Å². The van der Waals surface area contributed by atoms with Crippen molar-refractivity contribution in [3.05, 3.63) is 0 Å². The monoisotopic (exact) mass is 128 g/mol. The van der Waals surface area contributed by atoms with E-state index in [1.165, 1.54) is 6.42 Å². The summed E-state index contributed by atoms with van der Waals surface area (Å²) >= 11 is 0. The molecule has 0 saturated carbocycles. The van der Waals surface area contributed by atoms with Gasteiger partial charge in [-0.15, -0.1) is 0 Å². The molecule has 1 heteroatoms. The first kappa shape index (κ1) is 6.34. The molecular weight excluding hydrogens is 112 g/mol. The predicted octanol–water partition coefficient (Wildman–Crippen LogP) is 1.81. The summed E-state index contributed by atoms with van der Waals surface area (Å²) in [5.41, 5.74) is 0. The third-order valence-corrected chi connectivity index (χ3v) is 5.13. The van der Waals surface area contributed by atoms with E-state index in [1.807, 2.05) is 0 Å². The Balaban J connectivity index is 2.44. The van der Waals surface area contributed by atoms with E-state index < -0.39 is 0 Å². The van der Waals surface area contributed by atoms with E-state index in [0.29, 0.717) is 9.52 Å². The molecule has 0 amide bonds. The summed E-state index contributed by atoms with van der Waals surface area (Å²) in [6, 6.07) is 1.59. The Morgan fingerprint density at radius 3 is 2.25 bits per heavy atom. The van der Waals surface area contributed by atoms with Crippen LogP contribution in [-0.2, 0) is 0 Å². The third kappa shape index (κ3) is 1.34. The molecule has 1 unspecified atom stereocenters. The summed E-state index contributed by atoms with van der Waals surface area (Å²) in [6.07, 6.45) is 1.50. The quantitative estimate of drug-likeness (QED) is 0.436. The smallest absolute Gasteiger partial charge is 0.0266 e. The molecule has 0 aromatic heterocycles. The Hall–Kier alpha value is 0.217. The van der Waals surface area contributed by atoms with Crippen molar-refractivity contribution in [2.45, 2.75) is 38.3 Å². The molecule has 0 spiro atoms. The minimum absolute atomic E-state index is 0.324. The van der Waals surface area contributed by atoms with Crippen LogP contribution in [-0.4, -0.2) is 9.52 Å². The summed E-state index contributed by atoms with van der Waals surface area (Å²) in [7, 11) is 0.324. The molecule has 1 rings (SSSR count). The number of hydrogen-bond donors (Lipinski definition) is 0. The second-order valence-corrected chi connectivity index (χ2v) is 7.00. The van der Waals surface area contributed by atoms with E-state index in [-0.39, 0.29) is 0 Å². The molecule has 1 saturated heterocycles. The minimum Gasteiger partial charge on any atom is -0.0629 e. The summed E-state index contributed by atoms with van der Waals surface area (Å²) in [5.74, 6) is 1.05. The van der Waals surface area contributed by atoms with Gasteiger partial charge in [0.05, 0.1) is 0 Å². The van der Waals surface area contributed by atoms with Crippen LogP contribution in [0.1, 0.15) is 27.2 Å². The van der Waals surface area contributed by atoms with Crippen molar-refractivity contribution in [3.8, 4) is 0 Å². The third-order valence-electron chi connectivity index (χ3n) is 2.21. The lowest BCUT2D eigenvalue weighted by Crippen LogP contribution is -2.02. The lowest BCUT2D eigenvalue weighted by Gasteiger charge is -2.14. The van der Waals surface area contributed by atoms with Gasteiger partial charge >= 0.3 is 0 Å². The SMILES string of the molecule is CC1C[SiH2]C(C)(C)C1. The highest BCUT2D eigenvalue weighted by atomic mass is 28.2. The Labute approximate surface area is 54.5 Å². The zero-order valence-corrected chi connectivity index (χ0v) is 7.61. The Morgan fingerprint density at radius 1 is 1.50 bits per heavy atom. The maximum absolute atomic E-state index is 2.43. The lowest BCUT2D eigenvalue weighted by atomic mass is 10.0. The predicted molar refractivity (Wildman–Crippen MR) is 41.2 cm³/mol. The second-order valence-electron chi connectivity index (χ2n) is 4.01. The molecule has 1 aliphatic rings. The minimum atomic E-state index is 0.324. The van der Waals surface area contributed by atoms with Crippen LogP contribution < -0.4 is 0 Å². The molecule has 0 aliphatic carbocycles. The van der Waals surface area contributed by atoms with Crippen LogP contribution >= 0.6 is 0 Å². The highest BCUT2D eigenvalue weighted by Crippen LogP contribution is 2.40. The maximum Gasteiger partial charge on any atom is 0.0266 e. The van der Waals surface area contributed by atoms with Crippen LogP contribution in [0.3, 0.4) is 0 Å². The summed E-state index contributed by atoms with van der Waals surface area (Å²) in [5, 5.41) is 0.805. The molecule has 8 heavy (non-hydrogen) atoms. The van der Waals surface area contributed by atoms with Crippen molar-refractivity contribution in [3.63, 3.8) is 0 Å². The van der Waals surface area contributed by atoms with Crippen LogP contribution in [0, 0.1) is 5.92 Å².